The molecular formula is C11H19NO3. The Morgan fingerprint density at radius 2 is 1.80 bits per heavy atom. The van der Waals surface area contributed by atoms with E-state index in [4.69, 9.17) is 0 Å². The average Bonchev–Trinajstić information content (AvgIpc) is 2.27. The molecule has 0 aromatic rings. The topological polar surface area (TPSA) is 46.6 Å². The van der Waals surface area contributed by atoms with Crippen LogP contribution in [0.5, 0.6) is 0 Å². The summed E-state index contributed by atoms with van der Waals surface area (Å²) in [5.74, 6) is 0.0739. The largest absolute Gasteiger partial charge is 0.462 e. The lowest BCUT2D eigenvalue weighted by Crippen LogP contribution is -2.43. The van der Waals surface area contributed by atoms with E-state index in [0.717, 1.165) is 12.8 Å². The summed E-state index contributed by atoms with van der Waals surface area (Å²) in [6.45, 7) is 5.75. The van der Waals surface area contributed by atoms with Gasteiger partial charge in [-0.25, -0.2) is 4.79 Å². The number of carbonyl (C=O) groups excluding carboxylic acids is 2. The molecule has 1 amide bonds. The van der Waals surface area contributed by atoms with E-state index in [1.54, 1.807) is 4.90 Å². The highest BCUT2D eigenvalue weighted by atomic mass is 16.5. The van der Waals surface area contributed by atoms with Gasteiger partial charge >= 0.3 is 11.9 Å². The number of hydrogen-bond donors (Lipinski definition) is 0. The van der Waals surface area contributed by atoms with Crippen molar-refractivity contribution in [2.24, 2.45) is 11.8 Å². The maximum Gasteiger partial charge on any atom is 0.396 e. The predicted octanol–water partition coefficient (Wildman–Crippen LogP) is 1.05. The second kappa shape index (κ2) is 5.14. The van der Waals surface area contributed by atoms with E-state index in [2.05, 4.69) is 18.6 Å². The lowest BCUT2D eigenvalue weighted by atomic mass is 9.87. The summed E-state index contributed by atoms with van der Waals surface area (Å²) in [6.07, 6.45) is 1.97. The maximum atomic E-state index is 11.5. The summed E-state index contributed by atoms with van der Waals surface area (Å²) in [5.41, 5.74) is 0. The van der Waals surface area contributed by atoms with Crippen LogP contribution in [0.25, 0.3) is 0 Å². The Kier molecular flexibility index (Phi) is 4.12. The smallest absolute Gasteiger partial charge is 0.396 e. The number of carbonyl (C=O) groups is 2. The quantitative estimate of drug-likeness (QED) is 0.483. The van der Waals surface area contributed by atoms with E-state index in [1.807, 2.05) is 0 Å². The van der Waals surface area contributed by atoms with E-state index in [1.165, 1.54) is 7.11 Å². The Hall–Kier alpha value is -1.06. The molecule has 0 aliphatic carbocycles. The van der Waals surface area contributed by atoms with E-state index >= 15 is 0 Å². The number of likely N-dealkylation sites (tertiary alicyclic amines) is 1. The van der Waals surface area contributed by atoms with Gasteiger partial charge in [0.1, 0.15) is 0 Å². The number of rotatable bonds is 1. The molecule has 1 aliphatic heterocycles. The van der Waals surface area contributed by atoms with Crippen LogP contribution in [0, 0.1) is 11.8 Å². The van der Waals surface area contributed by atoms with Crippen LogP contribution in [-0.4, -0.2) is 37.0 Å². The molecule has 1 fully saturated rings. The van der Waals surface area contributed by atoms with Gasteiger partial charge in [0.15, 0.2) is 0 Å². The van der Waals surface area contributed by atoms with Crippen LogP contribution in [0.1, 0.15) is 26.7 Å². The summed E-state index contributed by atoms with van der Waals surface area (Å²) in [4.78, 5) is 24.1. The van der Waals surface area contributed by atoms with E-state index in [9.17, 15) is 9.59 Å². The fourth-order valence-electron chi connectivity index (χ4n) is 1.99. The van der Waals surface area contributed by atoms with E-state index < -0.39 is 11.9 Å². The molecule has 0 atom stereocenters. The molecule has 1 rings (SSSR count). The second-order valence-electron chi connectivity index (χ2n) is 4.37. The third-order valence-corrected chi connectivity index (χ3v) is 3.13. The predicted molar refractivity (Wildman–Crippen MR) is 56.2 cm³/mol. The zero-order valence-electron chi connectivity index (χ0n) is 9.66. The van der Waals surface area contributed by atoms with Gasteiger partial charge in [-0.05, 0) is 24.7 Å². The van der Waals surface area contributed by atoms with Crippen molar-refractivity contribution in [3.63, 3.8) is 0 Å². The first-order valence-corrected chi connectivity index (χ1v) is 5.43. The van der Waals surface area contributed by atoms with Crippen LogP contribution in [-0.2, 0) is 14.3 Å². The number of hydrogen-bond acceptors (Lipinski definition) is 3. The highest BCUT2D eigenvalue weighted by molar-refractivity contribution is 6.32. The Morgan fingerprint density at radius 3 is 2.20 bits per heavy atom. The first kappa shape index (κ1) is 12.0. The standard InChI is InChI=1S/C11H19NO3/c1-8(2)9-4-6-12(7-5-9)10(13)11(14)15-3/h8-9H,4-7H2,1-3H3. The molecule has 1 heterocycles. The highest BCUT2D eigenvalue weighted by Gasteiger charge is 2.28. The molecule has 0 N–H and O–H groups in total. The van der Waals surface area contributed by atoms with Gasteiger partial charge in [0.05, 0.1) is 7.11 Å². The lowest BCUT2D eigenvalue weighted by molar-refractivity contribution is -0.159. The molecular weight excluding hydrogens is 194 g/mol. The van der Waals surface area contributed by atoms with Crippen molar-refractivity contribution in [3.05, 3.63) is 0 Å². The number of piperidine rings is 1. The van der Waals surface area contributed by atoms with Gasteiger partial charge in [-0.1, -0.05) is 13.8 Å². The summed E-state index contributed by atoms with van der Waals surface area (Å²) in [6, 6.07) is 0. The lowest BCUT2D eigenvalue weighted by Gasteiger charge is -2.33. The molecule has 4 heteroatoms. The number of methoxy groups -OCH3 is 1. The van der Waals surface area contributed by atoms with Crippen molar-refractivity contribution in [2.45, 2.75) is 26.7 Å². The van der Waals surface area contributed by atoms with Crippen LogP contribution in [0.15, 0.2) is 0 Å². The van der Waals surface area contributed by atoms with Crippen molar-refractivity contribution in [1.29, 1.82) is 0 Å². The molecule has 0 radical (unpaired) electrons. The van der Waals surface area contributed by atoms with Crippen LogP contribution in [0.4, 0.5) is 0 Å². The third kappa shape index (κ3) is 2.94. The minimum Gasteiger partial charge on any atom is -0.462 e. The van der Waals surface area contributed by atoms with Crippen molar-refractivity contribution in [1.82, 2.24) is 4.90 Å². The van der Waals surface area contributed by atoms with E-state index in [-0.39, 0.29) is 0 Å². The number of nitrogens with zero attached hydrogens (tertiary/aromatic N) is 1. The van der Waals surface area contributed by atoms with Gasteiger partial charge in [0.2, 0.25) is 0 Å². The van der Waals surface area contributed by atoms with Crippen LogP contribution < -0.4 is 0 Å². The van der Waals surface area contributed by atoms with Gasteiger partial charge in [-0.2, -0.15) is 0 Å². The fourth-order valence-corrected chi connectivity index (χ4v) is 1.99. The highest BCUT2D eigenvalue weighted by Crippen LogP contribution is 2.24. The molecule has 0 unspecified atom stereocenters. The van der Waals surface area contributed by atoms with E-state index in [0.29, 0.717) is 24.9 Å². The number of esters is 1. The zero-order chi connectivity index (χ0) is 11.4. The van der Waals surface area contributed by atoms with Crippen LogP contribution >= 0.6 is 0 Å². The maximum absolute atomic E-state index is 11.5. The SMILES string of the molecule is COC(=O)C(=O)N1CCC(C(C)C)CC1. The average molecular weight is 213 g/mol. The summed E-state index contributed by atoms with van der Waals surface area (Å²) in [7, 11) is 1.24. The molecule has 0 aromatic heterocycles. The first-order chi connectivity index (χ1) is 7.06. The minimum absolute atomic E-state index is 0.500. The molecule has 1 aliphatic rings. The molecule has 0 bridgehead atoms. The molecule has 86 valence electrons. The number of ether oxygens (including phenoxy) is 1. The molecule has 0 spiro atoms. The van der Waals surface area contributed by atoms with Gasteiger partial charge in [0, 0.05) is 13.1 Å². The van der Waals surface area contributed by atoms with Crippen LogP contribution in [0.2, 0.25) is 0 Å². The van der Waals surface area contributed by atoms with Gasteiger partial charge in [-0.15, -0.1) is 0 Å². The van der Waals surface area contributed by atoms with Gasteiger partial charge < -0.3 is 9.64 Å². The summed E-state index contributed by atoms with van der Waals surface area (Å²) < 4.78 is 4.41. The second-order valence-corrected chi connectivity index (χ2v) is 4.37. The summed E-state index contributed by atoms with van der Waals surface area (Å²) >= 11 is 0. The monoisotopic (exact) mass is 213 g/mol. The molecule has 0 saturated carbocycles. The zero-order valence-corrected chi connectivity index (χ0v) is 9.66. The first-order valence-electron chi connectivity index (χ1n) is 5.43. The van der Waals surface area contributed by atoms with Gasteiger partial charge in [-0.3, -0.25) is 4.79 Å². The van der Waals surface area contributed by atoms with Crippen molar-refractivity contribution >= 4 is 11.9 Å². The minimum atomic E-state index is -0.752. The molecule has 1 saturated heterocycles. The fraction of sp³-hybridized carbons (Fsp3) is 0.818. The third-order valence-electron chi connectivity index (χ3n) is 3.13. The molecule has 15 heavy (non-hydrogen) atoms. The number of amides is 1. The Labute approximate surface area is 90.6 Å². The van der Waals surface area contributed by atoms with Crippen molar-refractivity contribution in [3.8, 4) is 0 Å². The van der Waals surface area contributed by atoms with Gasteiger partial charge in [0.25, 0.3) is 0 Å². The Bertz CT molecular complexity index is 242. The van der Waals surface area contributed by atoms with Crippen LogP contribution in [0.3, 0.4) is 0 Å². The Morgan fingerprint density at radius 1 is 1.27 bits per heavy atom. The van der Waals surface area contributed by atoms with Crippen molar-refractivity contribution in [2.75, 3.05) is 20.2 Å². The van der Waals surface area contributed by atoms with Crippen molar-refractivity contribution < 1.29 is 14.3 Å². The Balaban J connectivity index is 2.44. The molecule has 0 aromatic carbocycles. The summed E-state index contributed by atoms with van der Waals surface area (Å²) in [5, 5.41) is 0. The normalized spacial score (nSPS) is 18.0. The molecule has 4 nitrogen and oxygen atoms in total.